The van der Waals surface area contributed by atoms with Crippen molar-refractivity contribution in [2.24, 2.45) is 11.8 Å². The first-order valence-electron chi connectivity index (χ1n) is 12.6. The molecule has 4 aliphatic heterocycles. The highest BCUT2D eigenvalue weighted by atomic mass is 16.2. The van der Waals surface area contributed by atoms with Crippen LogP contribution < -0.4 is 4.90 Å². The molecule has 4 heterocycles. The van der Waals surface area contributed by atoms with Gasteiger partial charge in [0.05, 0.1) is 0 Å². The number of fused-ring (bicyclic) bond motifs is 3. The average molecular weight is 443 g/mol. The number of para-hydroxylation sites is 1. The molecule has 0 spiro atoms. The highest BCUT2D eigenvalue weighted by Crippen LogP contribution is 2.29. The molecule has 176 valence electrons. The minimum atomic E-state index is 0.138. The largest absolute Gasteiger partial charge is 0.337 e. The van der Waals surface area contributed by atoms with E-state index in [1.165, 1.54) is 6.42 Å². The van der Waals surface area contributed by atoms with E-state index >= 15 is 0 Å². The van der Waals surface area contributed by atoms with Gasteiger partial charge in [0, 0.05) is 24.8 Å². The lowest BCUT2D eigenvalue weighted by atomic mass is 9.92. The molecule has 4 aliphatic rings. The van der Waals surface area contributed by atoms with Crippen molar-refractivity contribution in [2.45, 2.75) is 40.2 Å². The van der Waals surface area contributed by atoms with Crippen LogP contribution in [0.1, 0.15) is 34.1 Å². The van der Waals surface area contributed by atoms with Crippen molar-refractivity contribution in [2.75, 3.05) is 70.3 Å². The number of nitrogens with zero attached hydrogens (tertiary/aromatic N) is 4. The Morgan fingerprint density at radius 3 is 1.91 bits per heavy atom. The Morgan fingerprint density at radius 2 is 1.41 bits per heavy atom. The predicted octanol–water partition coefficient (Wildman–Crippen LogP) is 2.59. The molecule has 0 aliphatic carbocycles. The molecule has 0 aromatic heterocycles. The van der Waals surface area contributed by atoms with Crippen molar-refractivity contribution in [3.63, 3.8) is 0 Å². The molecule has 2 bridgehead atoms. The van der Waals surface area contributed by atoms with E-state index in [0.29, 0.717) is 30.8 Å². The van der Waals surface area contributed by atoms with Crippen molar-refractivity contribution in [1.29, 1.82) is 0 Å². The van der Waals surface area contributed by atoms with Crippen LogP contribution in [0, 0.1) is 11.8 Å². The Balaban J connectivity index is 1.37. The molecule has 0 unspecified atom stereocenters. The molecule has 4 saturated heterocycles. The van der Waals surface area contributed by atoms with Gasteiger partial charge < -0.3 is 18.8 Å². The molecular formula is C26H42N4O2+2. The summed E-state index contributed by atoms with van der Waals surface area (Å²) in [6, 6.07) is 10.2. The zero-order valence-electron chi connectivity index (χ0n) is 20.5. The van der Waals surface area contributed by atoms with E-state index < -0.39 is 0 Å². The third kappa shape index (κ3) is 4.86. The van der Waals surface area contributed by atoms with Crippen LogP contribution in [-0.2, 0) is 9.59 Å². The van der Waals surface area contributed by atoms with Gasteiger partial charge in [-0.15, -0.1) is 0 Å². The van der Waals surface area contributed by atoms with Gasteiger partial charge in [0.15, 0.2) is 13.1 Å². The minimum absolute atomic E-state index is 0.138. The molecule has 2 amide bonds. The number of benzene rings is 1. The second-order valence-electron chi connectivity index (χ2n) is 11.3. The topological polar surface area (TPSA) is 40.6 Å². The number of anilines is 1. The summed E-state index contributed by atoms with van der Waals surface area (Å²) in [6.45, 7) is 17.8. The summed E-state index contributed by atoms with van der Waals surface area (Å²) in [4.78, 5) is 30.7. The van der Waals surface area contributed by atoms with E-state index in [2.05, 4.69) is 32.6 Å². The first-order valence-corrected chi connectivity index (χ1v) is 12.6. The van der Waals surface area contributed by atoms with Gasteiger partial charge in [0.25, 0.3) is 11.8 Å². The number of piperidine rings is 1. The van der Waals surface area contributed by atoms with Gasteiger partial charge in [-0.25, -0.2) is 0 Å². The average Bonchev–Trinajstić information content (AvgIpc) is 2.75. The summed E-state index contributed by atoms with van der Waals surface area (Å²) in [6.07, 6.45) is 1.23. The quantitative estimate of drug-likeness (QED) is 0.636. The monoisotopic (exact) mass is 442 g/mol. The fourth-order valence-corrected chi connectivity index (χ4v) is 6.35. The SMILES string of the molecule is CC(C)N(C(=O)C[N+]12CC[N+](CC(=O)N3C[C@H](C)C[C@@H](C)C3)(CC1)CC2)c1ccccc1. The zero-order chi connectivity index (χ0) is 22.9. The maximum Gasteiger partial charge on any atom is 0.282 e. The molecule has 0 radical (unpaired) electrons. The van der Waals surface area contributed by atoms with Crippen LogP contribution in [0.5, 0.6) is 0 Å². The van der Waals surface area contributed by atoms with Gasteiger partial charge in [-0.05, 0) is 44.2 Å². The molecule has 5 rings (SSSR count). The van der Waals surface area contributed by atoms with E-state index in [-0.39, 0.29) is 11.9 Å². The fourth-order valence-electron chi connectivity index (χ4n) is 6.35. The Morgan fingerprint density at radius 1 is 0.906 bits per heavy atom. The minimum Gasteiger partial charge on any atom is -0.337 e. The number of quaternary nitrogens is 2. The summed E-state index contributed by atoms with van der Waals surface area (Å²) in [5, 5.41) is 0. The maximum absolute atomic E-state index is 13.4. The van der Waals surface area contributed by atoms with Crippen molar-refractivity contribution >= 4 is 17.5 Å². The van der Waals surface area contributed by atoms with Gasteiger partial charge in [-0.3, -0.25) is 9.59 Å². The molecular weight excluding hydrogens is 400 g/mol. The second kappa shape index (κ2) is 9.14. The molecule has 2 atom stereocenters. The van der Waals surface area contributed by atoms with Crippen molar-refractivity contribution < 1.29 is 18.6 Å². The lowest BCUT2D eigenvalue weighted by Crippen LogP contribution is -2.77. The Labute approximate surface area is 193 Å². The van der Waals surface area contributed by atoms with Crippen LogP contribution in [0.2, 0.25) is 0 Å². The van der Waals surface area contributed by atoms with Crippen molar-refractivity contribution in [3.8, 4) is 0 Å². The van der Waals surface area contributed by atoms with E-state index in [9.17, 15) is 9.59 Å². The van der Waals surface area contributed by atoms with Crippen LogP contribution >= 0.6 is 0 Å². The van der Waals surface area contributed by atoms with E-state index in [1.54, 1.807) is 0 Å². The smallest absolute Gasteiger partial charge is 0.282 e. The summed E-state index contributed by atoms with van der Waals surface area (Å²) in [5.74, 6) is 1.78. The number of hydrogen-bond donors (Lipinski definition) is 0. The van der Waals surface area contributed by atoms with Crippen LogP contribution in [0.4, 0.5) is 5.69 Å². The van der Waals surface area contributed by atoms with Gasteiger partial charge in [-0.2, -0.15) is 0 Å². The lowest BCUT2D eigenvalue weighted by molar-refractivity contribution is -1.07. The van der Waals surface area contributed by atoms with Crippen LogP contribution in [0.3, 0.4) is 0 Å². The first-order chi connectivity index (χ1) is 15.2. The number of carbonyl (C=O) groups is 2. The van der Waals surface area contributed by atoms with Crippen LogP contribution in [0.25, 0.3) is 0 Å². The Hall–Kier alpha value is -1.92. The fraction of sp³-hybridized carbons (Fsp3) is 0.692. The molecule has 0 N–H and O–H groups in total. The normalized spacial score (nSPS) is 32.2. The van der Waals surface area contributed by atoms with E-state index in [0.717, 1.165) is 67.0 Å². The number of hydrogen-bond acceptors (Lipinski definition) is 2. The molecule has 0 saturated carbocycles. The second-order valence-corrected chi connectivity index (χ2v) is 11.3. The summed E-state index contributed by atoms with van der Waals surface area (Å²) < 4.78 is 1.82. The van der Waals surface area contributed by atoms with Gasteiger partial charge in [-0.1, -0.05) is 32.0 Å². The van der Waals surface area contributed by atoms with Crippen LogP contribution in [0.15, 0.2) is 30.3 Å². The predicted molar refractivity (Wildman–Crippen MR) is 128 cm³/mol. The first kappa shape index (κ1) is 23.2. The van der Waals surface area contributed by atoms with Crippen LogP contribution in [-0.4, -0.2) is 97.2 Å². The van der Waals surface area contributed by atoms with Crippen molar-refractivity contribution in [3.05, 3.63) is 30.3 Å². The Kier molecular flexibility index (Phi) is 6.64. The molecule has 1 aromatic rings. The molecule has 6 nitrogen and oxygen atoms in total. The summed E-state index contributed by atoms with van der Waals surface area (Å²) >= 11 is 0. The zero-order valence-corrected chi connectivity index (χ0v) is 20.5. The maximum atomic E-state index is 13.4. The molecule has 4 fully saturated rings. The van der Waals surface area contributed by atoms with Gasteiger partial charge >= 0.3 is 0 Å². The van der Waals surface area contributed by atoms with Crippen molar-refractivity contribution in [1.82, 2.24) is 4.90 Å². The number of carbonyl (C=O) groups excluding carboxylic acids is 2. The third-order valence-corrected chi connectivity index (χ3v) is 8.13. The number of piperazine rings is 3. The van der Waals surface area contributed by atoms with E-state index in [4.69, 9.17) is 0 Å². The Bertz CT molecular complexity index is 790. The number of rotatable bonds is 6. The standard InChI is InChI=1S/C26H42N4O2/c1-21(2)28(24-8-6-5-7-9-24)26(32)20-30-13-10-29(11-14-30,12-15-30)19-25(31)27-17-22(3)16-23(4)18-27/h5-9,21-23H,10-20H2,1-4H3/q+2/t22-,23-,29?,30?/m1/s1. The highest BCUT2D eigenvalue weighted by Gasteiger charge is 2.51. The molecule has 1 aromatic carbocycles. The van der Waals surface area contributed by atoms with Gasteiger partial charge in [0.1, 0.15) is 39.3 Å². The third-order valence-electron chi connectivity index (χ3n) is 8.13. The highest BCUT2D eigenvalue weighted by molar-refractivity contribution is 5.94. The molecule has 32 heavy (non-hydrogen) atoms. The number of amides is 2. The summed E-state index contributed by atoms with van der Waals surface area (Å²) in [5.41, 5.74) is 0.987. The molecule has 6 heteroatoms. The summed E-state index contributed by atoms with van der Waals surface area (Å²) in [7, 11) is 0. The van der Waals surface area contributed by atoms with E-state index in [1.807, 2.05) is 35.2 Å². The lowest BCUT2D eigenvalue weighted by Gasteiger charge is -2.55. The number of likely N-dealkylation sites (tertiary alicyclic amines) is 1. The van der Waals surface area contributed by atoms with Gasteiger partial charge in [0.2, 0.25) is 0 Å².